The van der Waals surface area contributed by atoms with Gasteiger partial charge < -0.3 is 11.5 Å². The highest BCUT2D eigenvalue weighted by Gasteiger charge is 2.09. The van der Waals surface area contributed by atoms with E-state index in [1.54, 1.807) is 12.1 Å². The van der Waals surface area contributed by atoms with Crippen LogP contribution in [0.2, 0.25) is 0 Å². The van der Waals surface area contributed by atoms with Crippen molar-refractivity contribution in [1.29, 1.82) is 5.26 Å². The molecule has 0 radical (unpaired) electrons. The molecule has 18 heavy (non-hydrogen) atoms. The minimum atomic E-state index is 0.288. The van der Waals surface area contributed by atoms with Crippen molar-refractivity contribution in [2.75, 3.05) is 11.5 Å². The molecule has 0 aliphatic heterocycles. The highest BCUT2D eigenvalue weighted by Crippen LogP contribution is 2.27. The molecule has 0 amide bonds. The van der Waals surface area contributed by atoms with E-state index in [2.05, 4.69) is 21.0 Å². The standard InChI is InChI=1S/C11H10N6S/c1-6-2-3-7(5-12)10(15-6)18-11-16-8(13)4-9(14)17-11/h2-4H,1H3,(H4,13,14,16,17). The zero-order valence-corrected chi connectivity index (χ0v) is 10.4. The Morgan fingerprint density at radius 2 is 1.83 bits per heavy atom. The number of hydrogen-bond acceptors (Lipinski definition) is 7. The number of hydrogen-bond donors (Lipinski definition) is 2. The summed E-state index contributed by atoms with van der Waals surface area (Å²) in [5.74, 6) is 0.576. The SMILES string of the molecule is Cc1ccc(C#N)c(Sc2nc(N)cc(N)n2)n1. The molecule has 2 aromatic heterocycles. The van der Waals surface area contributed by atoms with Crippen LogP contribution >= 0.6 is 11.8 Å². The Morgan fingerprint density at radius 3 is 2.44 bits per heavy atom. The first-order valence-electron chi connectivity index (χ1n) is 5.04. The van der Waals surface area contributed by atoms with Gasteiger partial charge in [0.25, 0.3) is 0 Å². The summed E-state index contributed by atoms with van der Waals surface area (Å²) in [6, 6.07) is 7.03. The maximum Gasteiger partial charge on any atom is 0.197 e. The third kappa shape index (κ3) is 2.67. The number of aromatic nitrogens is 3. The Hall–Kier alpha value is -2.33. The van der Waals surface area contributed by atoms with Gasteiger partial charge in [0.1, 0.15) is 22.7 Å². The third-order valence-corrected chi connectivity index (χ3v) is 2.92. The second kappa shape index (κ2) is 4.89. The largest absolute Gasteiger partial charge is 0.383 e. The van der Waals surface area contributed by atoms with Crippen LogP contribution in [-0.4, -0.2) is 15.0 Å². The third-order valence-electron chi connectivity index (χ3n) is 2.05. The van der Waals surface area contributed by atoms with Crippen LogP contribution in [0.3, 0.4) is 0 Å². The van der Waals surface area contributed by atoms with Gasteiger partial charge in [-0.2, -0.15) is 5.26 Å². The molecular formula is C11H10N6S. The molecule has 90 valence electrons. The van der Waals surface area contributed by atoms with Crippen molar-refractivity contribution in [3.8, 4) is 6.07 Å². The van der Waals surface area contributed by atoms with E-state index >= 15 is 0 Å². The fourth-order valence-corrected chi connectivity index (χ4v) is 2.18. The lowest BCUT2D eigenvalue weighted by atomic mass is 10.3. The van der Waals surface area contributed by atoms with Crippen LogP contribution in [0.5, 0.6) is 0 Å². The minimum Gasteiger partial charge on any atom is -0.383 e. The maximum absolute atomic E-state index is 9.00. The number of rotatable bonds is 2. The van der Waals surface area contributed by atoms with Crippen molar-refractivity contribution >= 4 is 23.4 Å². The molecule has 0 aromatic carbocycles. The summed E-state index contributed by atoms with van der Waals surface area (Å²) in [5.41, 5.74) is 12.4. The first kappa shape index (κ1) is 12.1. The lowest BCUT2D eigenvalue weighted by Crippen LogP contribution is -2.00. The minimum absolute atomic E-state index is 0.288. The lowest BCUT2D eigenvalue weighted by Gasteiger charge is -2.04. The van der Waals surface area contributed by atoms with E-state index in [-0.39, 0.29) is 11.6 Å². The maximum atomic E-state index is 9.00. The molecule has 0 saturated heterocycles. The van der Waals surface area contributed by atoms with E-state index in [9.17, 15) is 0 Å². The van der Waals surface area contributed by atoms with Gasteiger partial charge in [0.15, 0.2) is 5.16 Å². The molecule has 2 rings (SSSR count). The molecular weight excluding hydrogens is 248 g/mol. The van der Waals surface area contributed by atoms with E-state index < -0.39 is 0 Å². The van der Waals surface area contributed by atoms with Crippen molar-refractivity contribution in [2.24, 2.45) is 0 Å². The monoisotopic (exact) mass is 258 g/mol. The summed E-state index contributed by atoms with van der Waals surface area (Å²) >= 11 is 1.17. The van der Waals surface area contributed by atoms with Gasteiger partial charge in [-0.05, 0) is 30.8 Å². The van der Waals surface area contributed by atoms with E-state index in [0.717, 1.165) is 5.69 Å². The van der Waals surface area contributed by atoms with Crippen molar-refractivity contribution in [1.82, 2.24) is 15.0 Å². The predicted molar refractivity (Wildman–Crippen MR) is 68.7 cm³/mol. The fraction of sp³-hybridized carbons (Fsp3) is 0.0909. The summed E-state index contributed by atoms with van der Waals surface area (Å²) in [6.07, 6.45) is 0. The first-order chi connectivity index (χ1) is 8.58. The topological polar surface area (TPSA) is 114 Å². The molecule has 0 aliphatic carbocycles. The van der Waals surface area contributed by atoms with Crippen molar-refractivity contribution in [2.45, 2.75) is 17.1 Å². The number of nitrogen functional groups attached to an aromatic ring is 2. The van der Waals surface area contributed by atoms with E-state index in [1.807, 2.05) is 6.92 Å². The van der Waals surface area contributed by atoms with Gasteiger partial charge in [-0.3, -0.25) is 0 Å². The fourth-order valence-electron chi connectivity index (χ4n) is 1.29. The molecule has 7 heteroatoms. The van der Waals surface area contributed by atoms with Crippen LogP contribution in [-0.2, 0) is 0 Å². The normalized spacial score (nSPS) is 10.0. The van der Waals surface area contributed by atoms with Gasteiger partial charge in [-0.1, -0.05) is 0 Å². The van der Waals surface area contributed by atoms with Gasteiger partial charge in [0.2, 0.25) is 0 Å². The van der Waals surface area contributed by atoms with Crippen molar-refractivity contribution < 1.29 is 0 Å². The molecule has 6 nitrogen and oxygen atoms in total. The summed E-state index contributed by atoms with van der Waals surface area (Å²) in [7, 11) is 0. The smallest absolute Gasteiger partial charge is 0.197 e. The first-order valence-corrected chi connectivity index (χ1v) is 5.86. The van der Waals surface area contributed by atoms with E-state index in [4.69, 9.17) is 16.7 Å². The summed E-state index contributed by atoms with van der Waals surface area (Å²) in [4.78, 5) is 12.3. The zero-order valence-electron chi connectivity index (χ0n) is 9.58. The second-order valence-corrected chi connectivity index (χ2v) is 4.48. The Kier molecular flexibility index (Phi) is 3.30. The van der Waals surface area contributed by atoms with E-state index in [1.165, 1.54) is 17.8 Å². The number of aryl methyl sites for hydroxylation is 1. The van der Waals surface area contributed by atoms with Crippen molar-refractivity contribution in [3.63, 3.8) is 0 Å². The Labute approximate surface area is 108 Å². The zero-order chi connectivity index (χ0) is 13.1. The average molecular weight is 258 g/mol. The highest BCUT2D eigenvalue weighted by molar-refractivity contribution is 7.99. The predicted octanol–water partition coefficient (Wildman–Crippen LogP) is 1.37. The highest BCUT2D eigenvalue weighted by atomic mass is 32.2. The number of pyridine rings is 1. The molecule has 0 aliphatic rings. The van der Waals surface area contributed by atoms with Gasteiger partial charge in [-0.25, -0.2) is 15.0 Å². The number of nitriles is 1. The average Bonchev–Trinajstić information content (AvgIpc) is 2.27. The van der Waals surface area contributed by atoms with Crippen LogP contribution < -0.4 is 11.5 Å². The number of nitrogens with two attached hydrogens (primary N) is 2. The van der Waals surface area contributed by atoms with E-state index in [0.29, 0.717) is 15.7 Å². The van der Waals surface area contributed by atoms with Crippen molar-refractivity contribution in [3.05, 3.63) is 29.5 Å². The van der Waals surface area contributed by atoms with Crippen LogP contribution in [0.25, 0.3) is 0 Å². The molecule has 2 aromatic rings. The number of anilines is 2. The summed E-state index contributed by atoms with van der Waals surface area (Å²) in [6.45, 7) is 1.85. The molecule has 0 fully saturated rings. The molecule has 0 spiro atoms. The van der Waals surface area contributed by atoms with Gasteiger partial charge >= 0.3 is 0 Å². The molecule has 0 saturated carbocycles. The van der Waals surface area contributed by atoms with Crippen LogP contribution in [0.4, 0.5) is 11.6 Å². The molecule has 0 unspecified atom stereocenters. The molecule has 0 atom stereocenters. The second-order valence-electron chi connectivity index (χ2n) is 3.52. The summed E-state index contributed by atoms with van der Waals surface area (Å²) in [5, 5.41) is 9.92. The Bertz CT molecular complexity index is 614. The summed E-state index contributed by atoms with van der Waals surface area (Å²) < 4.78 is 0. The Balaban J connectivity index is 2.39. The lowest BCUT2D eigenvalue weighted by molar-refractivity contribution is 0.969. The van der Waals surface area contributed by atoms with Crippen LogP contribution in [0, 0.1) is 18.3 Å². The quantitative estimate of drug-likeness (QED) is 0.781. The Morgan fingerprint density at radius 1 is 1.17 bits per heavy atom. The van der Waals surface area contributed by atoms with Gasteiger partial charge in [0.05, 0.1) is 5.56 Å². The van der Waals surface area contributed by atoms with Gasteiger partial charge in [-0.15, -0.1) is 0 Å². The molecule has 0 bridgehead atoms. The number of nitrogens with zero attached hydrogens (tertiary/aromatic N) is 4. The van der Waals surface area contributed by atoms with Crippen LogP contribution in [0.15, 0.2) is 28.4 Å². The molecule has 4 N–H and O–H groups in total. The van der Waals surface area contributed by atoms with Crippen LogP contribution in [0.1, 0.15) is 11.3 Å². The molecule has 2 heterocycles. The van der Waals surface area contributed by atoms with Gasteiger partial charge in [0, 0.05) is 11.8 Å².